The van der Waals surface area contributed by atoms with E-state index in [4.69, 9.17) is 11.6 Å². The zero-order valence-corrected chi connectivity index (χ0v) is 8.93. The number of aromatic amines is 1. The summed E-state index contributed by atoms with van der Waals surface area (Å²) in [5, 5.41) is 7.56. The third kappa shape index (κ3) is 1.76. The molecule has 0 saturated heterocycles. The first-order valence-corrected chi connectivity index (χ1v) is 4.89. The van der Waals surface area contributed by atoms with Crippen molar-refractivity contribution in [1.29, 1.82) is 0 Å². The second-order valence-electron chi connectivity index (χ2n) is 2.58. The van der Waals surface area contributed by atoms with Gasteiger partial charge in [0.15, 0.2) is 0 Å². The predicted molar refractivity (Wildman–Crippen MR) is 56.7 cm³/mol. The molecule has 1 N–H and O–H groups in total. The highest BCUT2D eigenvalue weighted by atomic mass is 79.9. The van der Waals surface area contributed by atoms with Crippen molar-refractivity contribution < 1.29 is 0 Å². The molecule has 0 amide bonds. The second kappa shape index (κ2) is 3.52. The first kappa shape index (κ1) is 8.78. The molecule has 1 heterocycles. The van der Waals surface area contributed by atoms with Crippen molar-refractivity contribution in [2.45, 2.75) is 0 Å². The Morgan fingerprint density at radius 1 is 1.31 bits per heavy atom. The minimum Gasteiger partial charge on any atom is -0.285 e. The number of aromatic nitrogens is 2. The quantitative estimate of drug-likeness (QED) is 0.832. The van der Waals surface area contributed by atoms with Crippen LogP contribution in [0, 0.1) is 0 Å². The van der Waals surface area contributed by atoms with Gasteiger partial charge in [0.25, 0.3) is 0 Å². The maximum Gasteiger partial charge on any atom is 0.0931 e. The first-order valence-electron chi connectivity index (χ1n) is 3.72. The lowest BCUT2D eigenvalue weighted by Gasteiger charge is -2.00. The molecule has 2 rings (SSSR count). The normalized spacial score (nSPS) is 10.3. The number of halogens is 2. The number of rotatable bonds is 1. The average molecular weight is 258 g/mol. The average Bonchev–Trinajstić information content (AvgIpc) is 2.56. The molecule has 13 heavy (non-hydrogen) atoms. The van der Waals surface area contributed by atoms with E-state index >= 15 is 0 Å². The highest BCUT2D eigenvalue weighted by molar-refractivity contribution is 9.10. The van der Waals surface area contributed by atoms with Gasteiger partial charge in [-0.1, -0.05) is 33.6 Å². The molecule has 0 unspecified atom stereocenters. The second-order valence-corrected chi connectivity index (χ2v) is 3.87. The molecule has 0 fully saturated rings. The maximum absolute atomic E-state index is 5.82. The van der Waals surface area contributed by atoms with Crippen LogP contribution in [-0.4, -0.2) is 10.2 Å². The van der Waals surface area contributed by atoms with Gasteiger partial charge in [0.1, 0.15) is 0 Å². The third-order valence-corrected chi connectivity index (χ3v) is 2.60. The molecule has 2 aromatic rings. The van der Waals surface area contributed by atoms with E-state index in [1.54, 1.807) is 6.20 Å². The summed E-state index contributed by atoms with van der Waals surface area (Å²) < 4.78 is 0.951. The smallest absolute Gasteiger partial charge is 0.0931 e. The van der Waals surface area contributed by atoms with E-state index < -0.39 is 0 Å². The van der Waals surface area contributed by atoms with Crippen LogP contribution in [0.3, 0.4) is 0 Å². The molecule has 0 saturated carbocycles. The van der Waals surface area contributed by atoms with Crippen LogP contribution in [-0.2, 0) is 0 Å². The van der Waals surface area contributed by atoms with Crippen LogP contribution >= 0.6 is 27.5 Å². The van der Waals surface area contributed by atoms with Crippen molar-refractivity contribution in [2.24, 2.45) is 0 Å². The number of hydrogen-bond acceptors (Lipinski definition) is 1. The Labute approximate surface area is 89.1 Å². The third-order valence-electron chi connectivity index (χ3n) is 1.71. The van der Waals surface area contributed by atoms with Crippen LogP contribution < -0.4 is 0 Å². The molecule has 2 nitrogen and oxygen atoms in total. The number of nitrogens with zero attached hydrogens (tertiary/aromatic N) is 1. The van der Waals surface area contributed by atoms with Crippen molar-refractivity contribution in [1.82, 2.24) is 10.2 Å². The zero-order chi connectivity index (χ0) is 9.26. The fourth-order valence-corrected chi connectivity index (χ4v) is 1.99. The topological polar surface area (TPSA) is 28.7 Å². The van der Waals surface area contributed by atoms with Gasteiger partial charge in [-0.25, -0.2) is 0 Å². The lowest BCUT2D eigenvalue weighted by Crippen LogP contribution is -1.79. The summed E-state index contributed by atoms with van der Waals surface area (Å²) in [6, 6.07) is 7.54. The van der Waals surface area contributed by atoms with E-state index in [2.05, 4.69) is 26.1 Å². The molecule has 0 spiro atoms. The molecule has 0 bridgehead atoms. The number of H-pyrrole nitrogens is 1. The van der Waals surface area contributed by atoms with E-state index in [0.717, 1.165) is 15.7 Å². The molecule has 1 aromatic heterocycles. The Hall–Kier alpha value is -0.800. The molecule has 0 radical (unpaired) electrons. The van der Waals surface area contributed by atoms with Crippen LogP contribution in [0.4, 0.5) is 0 Å². The molecule has 0 atom stereocenters. The van der Waals surface area contributed by atoms with Crippen molar-refractivity contribution in [3.05, 3.63) is 40.0 Å². The standard InChI is InChI=1S/C9H6BrClN2/c10-8-5-6(11)1-2-7(8)9-3-4-12-13-9/h1-5H,(H,12,13). The van der Waals surface area contributed by atoms with Gasteiger partial charge in [0.05, 0.1) is 5.69 Å². The fourth-order valence-electron chi connectivity index (χ4n) is 1.11. The molecule has 0 aliphatic heterocycles. The minimum atomic E-state index is 0.714. The summed E-state index contributed by atoms with van der Waals surface area (Å²) in [4.78, 5) is 0. The Morgan fingerprint density at radius 2 is 2.15 bits per heavy atom. The predicted octanol–water partition coefficient (Wildman–Crippen LogP) is 3.49. The molecule has 1 aromatic carbocycles. The number of nitrogens with one attached hydrogen (secondary N) is 1. The summed E-state index contributed by atoms with van der Waals surface area (Å²) in [5.41, 5.74) is 1.94. The van der Waals surface area contributed by atoms with Gasteiger partial charge in [0, 0.05) is 21.3 Å². The molecular weight excluding hydrogens is 251 g/mol. The minimum absolute atomic E-state index is 0.714. The lowest BCUT2D eigenvalue weighted by molar-refractivity contribution is 1.09. The van der Waals surface area contributed by atoms with E-state index in [1.165, 1.54) is 0 Å². The SMILES string of the molecule is Clc1ccc(-c2cc[nH]n2)c(Br)c1. The summed E-state index contributed by atoms with van der Waals surface area (Å²) in [5.74, 6) is 0. The van der Waals surface area contributed by atoms with Crippen molar-refractivity contribution in [2.75, 3.05) is 0 Å². The van der Waals surface area contributed by atoms with Gasteiger partial charge in [-0.15, -0.1) is 0 Å². The number of benzene rings is 1. The largest absolute Gasteiger partial charge is 0.285 e. The highest BCUT2D eigenvalue weighted by Crippen LogP contribution is 2.28. The monoisotopic (exact) mass is 256 g/mol. The first-order chi connectivity index (χ1) is 6.27. The van der Waals surface area contributed by atoms with E-state index in [-0.39, 0.29) is 0 Å². The van der Waals surface area contributed by atoms with Crippen molar-refractivity contribution in [3.8, 4) is 11.3 Å². The summed E-state index contributed by atoms with van der Waals surface area (Å²) in [7, 11) is 0. The van der Waals surface area contributed by atoms with Crippen molar-refractivity contribution in [3.63, 3.8) is 0 Å². The molecular formula is C9H6BrClN2. The van der Waals surface area contributed by atoms with Gasteiger partial charge >= 0.3 is 0 Å². The van der Waals surface area contributed by atoms with Gasteiger partial charge in [-0.05, 0) is 18.2 Å². The summed E-state index contributed by atoms with van der Waals surface area (Å²) in [6.07, 6.45) is 1.79. The molecule has 4 heteroatoms. The fraction of sp³-hybridized carbons (Fsp3) is 0. The number of hydrogen-bond donors (Lipinski definition) is 1. The van der Waals surface area contributed by atoms with Crippen LogP contribution in [0.2, 0.25) is 5.02 Å². The molecule has 0 aliphatic carbocycles. The Morgan fingerprint density at radius 3 is 2.77 bits per heavy atom. The zero-order valence-electron chi connectivity index (χ0n) is 6.59. The molecule has 66 valence electrons. The Kier molecular flexibility index (Phi) is 2.38. The van der Waals surface area contributed by atoms with E-state index in [9.17, 15) is 0 Å². The maximum atomic E-state index is 5.82. The van der Waals surface area contributed by atoms with Crippen molar-refractivity contribution >= 4 is 27.5 Å². The van der Waals surface area contributed by atoms with Gasteiger partial charge in [-0.3, -0.25) is 5.10 Å². The van der Waals surface area contributed by atoms with Crippen LogP contribution in [0.5, 0.6) is 0 Å². The Balaban J connectivity index is 2.53. The lowest BCUT2D eigenvalue weighted by atomic mass is 10.2. The van der Waals surface area contributed by atoms with Gasteiger partial charge in [-0.2, -0.15) is 5.10 Å². The highest BCUT2D eigenvalue weighted by Gasteiger charge is 2.04. The van der Waals surface area contributed by atoms with E-state index in [0.29, 0.717) is 5.02 Å². The summed E-state index contributed by atoms with van der Waals surface area (Å²) >= 11 is 9.25. The van der Waals surface area contributed by atoms with Crippen LogP contribution in [0.1, 0.15) is 0 Å². The molecule has 0 aliphatic rings. The van der Waals surface area contributed by atoms with E-state index in [1.807, 2.05) is 24.3 Å². The Bertz CT molecular complexity index is 412. The summed E-state index contributed by atoms with van der Waals surface area (Å²) in [6.45, 7) is 0. The van der Waals surface area contributed by atoms with Gasteiger partial charge in [0.2, 0.25) is 0 Å². The van der Waals surface area contributed by atoms with Crippen LogP contribution in [0.15, 0.2) is 34.9 Å². The van der Waals surface area contributed by atoms with Crippen LogP contribution in [0.25, 0.3) is 11.3 Å². The van der Waals surface area contributed by atoms with Gasteiger partial charge < -0.3 is 0 Å².